The Morgan fingerprint density at radius 1 is 0.900 bits per heavy atom. The van der Waals surface area contributed by atoms with Gasteiger partial charge in [-0.1, -0.05) is 18.2 Å². The van der Waals surface area contributed by atoms with Crippen molar-refractivity contribution < 1.29 is 22.3 Å². The number of halogens is 4. The number of hydrogen-bond donors (Lipinski definition) is 1. The highest BCUT2D eigenvalue weighted by Gasteiger charge is 2.22. The quantitative estimate of drug-likeness (QED) is 0.693. The lowest BCUT2D eigenvalue weighted by atomic mass is 9.98. The highest BCUT2D eigenvalue weighted by Crippen LogP contribution is 2.30. The standard InChI is InChI=1S/C14H11F4NO/c1-20-10-4-2-3-7(11(10)16)14(19)8-5-6-9(15)13(18)12(8)17/h2-6,14H,19H2,1H3. The van der Waals surface area contributed by atoms with Gasteiger partial charge in [0, 0.05) is 11.1 Å². The summed E-state index contributed by atoms with van der Waals surface area (Å²) in [7, 11) is 1.27. The van der Waals surface area contributed by atoms with E-state index in [1.54, 1.807) is 0 Å². The maximum Gasteiger partial charge on any atom is 0.194 e. The average Bonchev–Trinajstić information content (AvgIpc) is 2.44. The first-order valence-corrected chi connectivity index (χ1v) is 5.68. The summed E-state index contributed by atoms with van der Waals surface area (Å²) in [4.78, 5) is 0. The zero-order valence-corrected chi connectivity index (χ0v) is 10.5. The third-order valence-electron chi connectivity index (χ3n) is 2.95. The molecule has 2 rings (SSSR count). The second-order valence-corrected chi connectivity index (χ2v) is 4.11. The van der Waals surface area contributed by atoms with Crippen LogP contribution in [0.4, 0.5) is 17.6 Å². The van der Waals surface area contributed by atoms with Crippen LogP contribution < -0.4 is 10.5 Å². The molecule has 0 fully saturated rings. The normalized spacial score (nSPS) is 12.3. The summed E-state index contributed by atoms with van der Waals surface area (Å²) in [5, 5.41) is 0. The van der Waals surface area contributed by atoms with E-state index in [0.717, 1.165) is 12.1 Å². The molecule has 6 heteroatoms. The van der Waals surface area contributed by atoms with Crippen LogP contribution in [-0.2, 0) is 0 Å². The van der Waals surface area contributed by atoms with Crippen molar-refractivity contribution >= 4 is 0 Å². The van der Waals surface area contributed by atoms with Gasteiger partial charge in [-0.3, -0.25) is 0 Å². The molecular weight excluding hydrogens is 274 g/mol. The Kier molecular flexibility index (Phi) is 3.94. The molecule has 2 aromatic carbocycles. The van der Waals surface area contributed by atoms with Crippen molar-refractivity contribution in [1.29, 1.82) is 0 Å². The molecule has 0 aliphatic heterocycles. The van der Waals surface area contributed by atoms with E-state index in [-0.39, 0.29) is 16.9 Å². The van der Waals surface area contributed by atoms with E-state index in [1.165, 1.54) is 25.3 Å². The van der Waals surface area contributed by atoms with Gasteiger partial charge in [-0.05, 0) is 12.1 Å². The van der Waals surface area contributed by atoms with E-state index >= 15 is 0 Å². The van der Waals surface area contributed by atoms with Crippen LogP contribution in [0, 0.1) is 23.3 Å². The lowest BCUT2D eigenvalue weighted by Crippen LogP contribution is -2.16. The Hall–Kier alpha value is -2.08. The third-order valence-corrected chi connectivity index (χ3v) is 2.95. The minimum absolute atomic E-state index is 0.0686. The molecule has 0 heterocycles. The Labute approximate surface area is 112 Å². The third kappa shape index (κ3) is 2.34. The van der Waals surface area contributed by atoms with Crippen molar-refractivity contribution in [3.63, 3.8) is 0 Å². The maximum absolute atomic E-state index is 14.0. The Morgan fingerprint density at radius 2 is 1.55 bits per heavy atom. The maximum atomic E-state index is 14.0. The van der Waals surface area contributed by atoms with Gasteiger partial charge in [0.1, 0.15) is 0 Å². The summed E-state index contributed by atoms with van der Waals surface area (Å²) < 4.78 is 58.5. The van der Waals surface area contributed by atoms with Crippen LogP contribution in [0.3, 0.4) is 0 Å². The van der Waals surface area contributed by atoms with Crippen LogP contribution >= 0.6 is 0 Å². The van der Waals surface area contributed by atoms with Gasteiger partial charge in [0.05, 0.1) is 13.2 Å². The van der Waals surface area contributed by atoms with Crippen molar-refractivity contribution in [2.24, 2.45) is 5.73 Å². The number of ether oxygens (including phenoxy) is 1. The molecule has 0 bridgehead atoms. The summed E-state index contributed by atoms with van der Waals surface area (Å²) in [5.74, 6) is -5.24. The average molecular weight is 285 g/mol. The van der Waals surface area contributed by atoms with Gasteiger partial charge in [0.25, 0.3) is 0 Å². The summed E-state index contributed by atoms with van der Waals surface area (Å²) in [6, 6.07) is 4.61. The molecule has 2 aromatic rings. The number of methoxy groups -OCH3 is 1. The van der Waals surface area contributed by atoms with Crippen molar-refractivity contribution in [3.8, 4) is 5.75 Å². The van der Waals surface area contributed by atoms with Gasteiger partial charge < -0.3 is 10.5 Å². The molecule has 0 aromatic heterocycles. The molecule has 20 heavy (non-hydrogen) atoms. The van der Waals surface area contributed by atoms with Gasteiger partial charge in [0.2, 0.25) is 0 Å². The number of benzene rings is 2. The topological polar surface area (TPSA) is 35.2 Å². The minimum atomic E-state index is -1.64. The van der Waals surface area contributed by atoms with Crippen LogP contribution in [0.5, 0.6) is 5.75 Å². The van der Waals surface area contributed by atoms with E-state index in [1.807, 2.05) is 0 Å². The van der Waals surface area contributed by atoms with Gasteiger partial charge >= 0.3 is 0 Å². The molecule has 0 radical (unpaired) electrons. The first-order valence-electron chi connectivity index (χ1n) is 5.68. The zero-order chi connectivity index (χ0) is 14.9. The molecule has 0 aliphatic carbocycles. The Balaban J connectivity index is 2.52. The summed E-state index contributed by atoms with van der Waals surface area (Å²) in [6.07, 6.45) is 0. The molecule has 0 saturated heterocycles. The van der Waals surface area contributed by atoms with Gasteiger partial charge in [-0.25, -0.2) is 17.6 Å². The second-order valence-electron chi connectivity index (χ2n) is 4.11. The molecule has 0 saturated carbocycles. The first-order chi connectivity index (χ1) is 9.47. The molecule has 0 spiro atoms. The van der Waals surface area contributed by atoms with E-state index in [9.17, 15) is 17.6 Å². The fourth-order valence-corrected chi connectivity index (χ4v) is 1.87. The predicted molar refractivity (Wildman–Crippen MR) is 65.3 cm³/mol. The van der Waals surface area contributed by atoms with Crippen LogP contribution in [-0.4, -0.2) is 7.11 Å². The highest BCUT2D eigenvalue weighted by atomic mass is 19.2. The lowest BCUT2D eigenvalue weighted by molar-refractivity contribution is 0.382. The number of nitrogens with two attached hydrogens (primary N) is 1. The van der Waals surface area contributed by atoms with Crippen molar-refractivity contribution in [2.45, 2.75) is 6.04 Å². The van der Waals surface area contributed by atoms with Gasteiger partial charge in [0.15, 0.2) is 29.0 Å². The SMILES string of the molecule is COc1cccc(C(N)c2ccc(F)c(F)c2F)c1F. The monoisotopic (exact) mass is 285 g/mol. The second kappa shape index (κ2) is 5.50. The van der Waals surface area contributed by atoms with Crippen molar-refractivity contribution in [3.05, 3.63) is 64.7 Å². The lowest BCUT2D eigenvalue weighted by Gasteiger charge is -2.16. The molecule has 1 atom stereocenters. The fraction of sp³-hybridized carbons (Fsp3) is 0.143. The van der Waals surface area contributed by atoms with Crippen LogP contribution in [0.15, 0.2) is 30.3 Å². The molecule has 1 unspecified atom stereocenters. The van der Waals surface area contributed by atoms with E-state index in [2.05, 4.69) is 0 Å². The molecule has 0 amide bonds. The number of hydrogen-bond acceptors (Lipinski definition) is 2. The van der Waals surface area contributed by atoms with Crippen LogP contribution in [0.2, 0.25) is 0 Å². The molecule has 0 aliphatic rings. The van der Waals surface area contributed by atoms with Crippen molar-refractivity contribution in [2.75, 3.05) is 7.11 Å². The van der Waals surface area contributed by atoms with Gasteiger partial charge in [-0.15, -0.1) is 0 Å². The Bertz CT molecular complexity index is 645. The summed E-state index contributed by atoms with van der Waals surface area (Å²) in [5.41, 5.74) is 5.32. The molecule has 106 valence electrons. The minimum Gasteiger partial charge on any atom is -0.494 e. The van der Waals surface area contributed by atoms with Crippen molar-refractivity contribution in [1.82, 2.24) is 0 Å². The number of rotatable bonds is 3. The first kappa shape index (κ1) is 14.3. The predicted octanol–water partition coefficient (Wildman–Crippen LogP) is 3.30. The molecule has 2 N–H and O–H groups in total. The van der Waals surface area contributed by atoms with Gasteiger partial charge in [-0.2, -0.15) is 0 Å². The van der Waals surface area contributed by atoms with E-state index < -0.39 is 29.3 Å². The van der Waals surface area contributed by atoms with Crippen LogP contribution in [0.25, 0.3) is 0 Å². The fourth-order valence-electron chi connectivity index (χ4n) is 1.87. The van der Waals surface area contributed by atoms with Crippen LogP contribution in [0.1, 0.15) is 17.2 Å². The largest absolute Gasteiger partial charge is 0.494 e. The zero-order valence-electron chi connectivity index (χ0n) is 10.5. The smallest absolute Gasteiger partial charge is 0.194 e. The summed E-state index contributed by atoms with van der Waals surface area (Å²) >= 11 is 0. The summed E-state index contributed by atoms with van der Waals surface area (Å²) in [6.45, 7) is 0. The van der Waals surface area contributed by atoms with E-state index in [4.69, 9.17) is 10.5 Å². The van der Waals surface area contributed by atoms with E-state index in [0.29, 0.717) is 0 Å². The highest BCUT2D eigenvalue weighted by molar-refractivity contribution is 5.38. The molecular formula is C14H11F4NO. The molecule has 2 nitrogen and oxygen atoms in total. The Morgan fingerprint density at radius 3 is 2.20 bits per heavy atom.